The SMILES string of the molecule is [CH2]NC(=C)C=C. The zero-order chi connectivity index (χ0) is 4.99. The van der Waals surface area contributed by atoms with E-state index in [1.165, 1.54) is 0 Å². The third-order valence-electron chi connectivity index (χ3n) is 0.473. The number of nitrogens with one attached hydrogen (secondary N) is 1. The van der Waals surface area contributed by atoms with E-state index >= 15 is 0 Å². The van der Waals surface area contributed by atoms with E-state index in [1.54, 1.807) is 6.08 Å². The predicted molar refractivity (Wildman–Crippen MR) is 27.8 cm³/mol. The molecule has 33 valence electrons. The normalized spacial score (nSPS) is 6.83. The molecule has 0 aromatic rings. The second-order valence-corrected chi connectivity index (χ2v) is 0.906. The Balaban J connectivity index is 3.23. The summed E-state index contributed by atoms with van der Waals surface area (Å²) in [6.45, 7) is 6.93. The van der Waals surface area contributed by atoms with Gasteiger partial charge in [-0.15, -0.1) is 0 Å². The molecule has 0 heterocycles. The highest BCUT2D eigenvalue weighted by molar-refractivity contribution is 5.07. The summed E-state index contributed by atoms with van der Waals surface area (Å²) in [6.07, 6.45) is 1.60. The van der Waals surface area contributed by atoms with Crippen LogP contribution in [0.25, 0.3) is 0 Å². The molecule has 1 heteroatoms. The molecule has 0 aliphatic heterocycles. The van der Waals surface area contributed by atoms with Gasteiger partial charge in [0.05, 0.1) is 0 Å². The van der Waals surface area contributed by atoms with Crippen molar-refractivity contribution in [1.82, 2.24) is 5.32 Å². The van der Waals surface area contributed by atoms with Gasteiger partial charge < -0.3 is 5.32 Å². The summed E-state index contributed by atoms with van der Waals surface area (Å²) in [5.74, 6) is 0. The Morgan fingerprint density at radius 2 is 2.17 bits per heavy atom. The molecule has 0 atom stereocenters. The average Bonchev–Trinajstić information content (AvgIpc) is 1.65. The van der Waals surface area contributed by atoms with Gasteiger partial charge in [0, 0.05) is 12.7 Å². The lowest BCUT2D eigenvalue weighted by atomic mass is 10.5. The van der Waals surface area contributed by atoms with Gasteiger partial charge in [0.15, 0.2) is 0 Å². The van der Waals surface area contributed by atoms with Gasteiger partial charge in [0.2, 0.25) is 0 Å². The second-order valence-electron chi connectivity index (χ2n) is 0.906. The van der Waals surface area contributed by atoms with Crippen LogP contribution in [0.2, 0.25) is 0 Å². The first-order chi connectivity index (χ1) is 2.81. The van der Waals surface area contributed by atoms with Crippen molar-refractivity contribution in [2.75, 3.05) is 0 Å². The number of rotatable bonds is 2. The molecular weight excluding hydrogens is 74.1 g/mol. The van der Waals surface area contributed by atoms with Crippen LogP contribution in [0, 0.1) is 7.05 Å². The van der Waals surface area contributed by atoms with E-state index in [9.17, 15) is 0 Å². The fourth-order valence-corrected chi connectivity index (χ4v) is 0.0722. The Kier molecular flexibility index (Phi) is 2.21. The monoisotopic (exact) mass is 82.1 g/mol. The third-order valence-corrected chi connectivity index (χ3v) is 0.473. The van der Waals surface area contributed by atoms with Crippen molar-refractivity contribution >= 4 is 0 Å². The summed E-state index contributed by atoms with van der Waals surface area (Å²) in [4.78, 5) is 0. The van der Waals surface area contributed by atoms with E-state index in [1.807, 2.05) is 0 Å². The van der Waals surface area contributed by atoms with E-state index < -0.39 is 0 Å². The Hall–Kier alpha value is -0.720. The van der Waals surface area contributed by atoms with E-state index in [0.717, 1.165) is 5.70 Å². The summed E-state index contributed by atoms with van der Waals surface area (Å²) in [5, 5.41) is 2.55. The second kappa shape index (κ2) is 2.51. The summed E-state index contributed by atoms with van der Waals surface area (Å²) in [5.41, 5.74) is 0.745. The lowest BCUT2D eigenvalue weighted by molar-refractivity contribution is 1.12. The van der Waals surface area contributed by atoms with Crippen LogP contribution in [0.15, 0.2) is 24.9 Å². The van der Waals surface area contributed by atoms with Crippen molar-refractivity contribution in [2.24, 2.45) is 0 Å². The highest BCUT2D eigenvalue weighted by atomic mass is 14.8. The third kappa shape index (κ3) is 1.58. The topological polar surface area (TPSA) is 12.0 Å². The molecule has 0 aromatic carbocycles. The fraction of sp³-hybridized carbons (Fsp3) is 0. The van der Waals surface area contributed by atoms with Crippen molar-refractivity contribution in [3.05, 3.63) is 32.0 Å². The number of hydrogen-bond donors (Lipinski definition) is 1. The van der Waals surface area contributed by atoms with Gasteiger partial charge in [0.1, 0.15) is 0 Å². The first-order valence-corrected chi connectivity index (χ1v) is 1.65. The van der Waals surface area contributed by atoms with E-state index in [2.05, 4.69) is 25.5 Å². The molecule has 0 unspecified atom stereocenters. The molecule has 6 heavy (non-hydrogen) atoms. The summed E-state index contributed by atoms with van der Waals surface area (Å²) in [7, 11) is 3.34. The summed E-state index contributed by atoms with van der Waals surface area (Å²) >= 11 is 0. The maximum Gasteiger partial charge on any atom is 0.0320 e. The molecule has 0 amide bonds. The van der Waals surface area contributed by atoms with Crippen LogP contribution in [0.3, 0.4) is 0 Å². The van der Waals surface area contributed by atoms with Crippen molar-refractivity contribution in [2.45, 2.75) is 0 Å². The predicted octanol–water partition coefficient (Wildman–Crippen LogP) is 1.07. The molecule has 1 N–H and O–H groups in total. The minimum atomic E-state index is 0.745. The first kappa shape index (κ1) is 5.28. The molecule has 1 nitrogen and oxygen atoms in total. The van der Waals surface area contributed by atoms with Gasteiger partial charge in [0.25, 0.3) is 0 Å². The van der Waals surface area contributed by atoms with Crippen molar-refractivity contribution in [3.63, 3.8) is 0 Å². The minimum absolute atomic E-state index is 0.745. The highest BCUT2D eigenvalue weighted by Gasteiger charge is 1.69. The average molecular weight is 82.1 g/mol. The molecule has 0 spiro atoms. The van der Waals surface area contributed by atoms with Gasteiger partial charge in [-0.3, -0.25) is 0 Å². The van der Waals surface area contributed by atoms with Gasteiger partial charge in [-0.1, -0.05) is 13.2 Å². The van der Waals surface area contributed by atoms with Gasteiger partial charge in [-0.05, 0) is 6.08 Å². The lowest BCUT2D eigenvalue weighted by Crippen LogP contribution is -1.95. The molecule has 0 bridgehead atoms. The molecule has 0 aliphatic carbocycles. The van der Waals surface area contributed by atoms with E-state index in [4.69, 9.17) is 0 Å². The van der Waals surface area contributed by atoms with Crippen LogP contribution < -0.4 is 5.32 Å². The van der Waals surface area contributed by atoms with Crippen molar-refractivity contribution in [1.29, 1.82) is 0 Å². The quantitative estimate of drug-likeness (QED) is 0.491. The van der Waals surface area contributed by atoms with Crippen molar-refractivity contribution < 1.29 is 0 Å². The smallest absolute Gasteiger partial charge is 0.0320 e. The first-order valence-electron chi connectivity index (χ1n) is 1.65. The zero-order valence-corrected chi connectivity index (χ0v) is 3.70. The Bertz CT molecular complexity index is 64.3. The zero-order valence-electron chi connectivity index (χ0n) is 3.70. The summed E-state index contributed by atoms with van der Waals surface area (Å²) in [6, 6.07) is 0. The van der Waals surface area contributed by atoms with Gasteiger partial charge >= 0.3 is 0 Å². The van der Waals surface area contributed by atoms with Crippen LogP contribution in [0.1, 0.15) is 0 Å². The molecule has 0 rings (SSSR count). The molecule has 0 aromatic heterocycles. The van der Waals surface area contributed by atoms with E-state index in [0.29, 0.717) is 0 Å². The summed E-state index contributed by atoms with van der Waals surface area (Å²) < 4.78 is 0. The number of hydrogen-bond acceptors (Lipinski definition) is 1. The van der Waals surface area contributed by atoms with Crippen LogP contribution in [-0.2, 0) is 0 Å². The largest absolute Gasteiger partial charge is 0.384 e. The fourth-order valence-electron chi connectivity index (χ4n) is 0.0722. The van der Waals surface area contributed by atoms with Crippen molar-refractivity contribution in [3.8, 4) is 0 Å². The molecular formula is C5H8N. The molecule has 1 radical (unpaired) electrons. The highest BCUT2D eigenvalue weighted by Crippen LogP contribution is 1.77. The number of allylic oxidation sites excluding steroid dienone is 1. The van der Waals surface area contributed by atoms with Crippen LogP contribution in [0.5, 0.6) is 0 Å². The minimum Gasteiger partial charge on any atom is -0.384 e. The lowest BCUT2D eigenvalue weighted by Gasteiger charge is -1.89. The van der Waals surface area contributed by atoms with E-state index in [-0.39, 0.29) is 0 Å². The molecule has 0 saturated heterocycles. The van der Waals surface area contributed by atoms with Gasteiger partial charge in [-0.2, -0.15) is 0 Å². The Morgan fingerprint density at radius 1 is 1.67 bits per heavy atom. The Morgan fingerprint density at radius 3 is 2.17 bits per heavy atom. The van der Waals surface area contributed by atoms with Crippen LogP contribution >= 0.6 is 0 Å². The van der Waals surface area contributed by atoms with Crippen LogP contribution in [0.4, 0.5) is 0 Å². The standard InChI is InChI=1S/C5H8N/c1-4-5(2)6-3/h4,6H,1-3H2. The molecule has 0 saturated carbocycles. The maximum atomic E-state index is 3.50. The maximum absolute atomic E-state index is 3.50. The van der Waals surface area contributed by atoms with Gasteiger partial charge in [-0.25, -0.2) is 0 Å². The van der Waals surface area contributed by atoms with Crippen LogP contribution in [-0.4, -0.2) is 0 Å². The molecule has 0 fully saturated rings. The molecule has 0 aliphatic rings. The Labute approximate surface area is 38.4 Å².